The maximum atomic E-state index is 11.5. The van der Waals surface area contributed by atoms with Crippen molar-refractivity contribution in [3.05, 3.63) is 65.7 Å². The average molecular weight is 437 g/mol. The lowest BCUT2D eigenvalue weighted by Gasteiger charge is -2.41. The molecular weight excluding hydrogens is 408 g/mol. The van der Waals surface area contributed by atoms with Crippen LogP contribution in [0.2, 0.25) is 0 Å². The summed E-state index contributed by atoms with van der Waals surface area (Å²) in [6.45, 7) is 6.50. The SMILES string of the molecule is CC(c1ccc(S(N)(=O)=O)cc1)N1CN=C2CCN(CC#Cc3ccccc3)CC2C1. The van der Waals surface area contributed by atoms with E-state index in [0.717, 1.165) is 43.7 Å². The minimum Gasteiger partial charge on any atom is -0.291 e. The highest BCUT2D eigenvalue weighted by Gasteiger charge is 2.31. The van der Waals surface area contributed by atoms with Gasteiger partial charge in [0.15, 0.2) is 0 Å². The summed E-state index contributed by atoms with van der Waals surface area (Å²) in [5.41, 5.74) is 3.43. The summed E-state index contributed by atoms with van der Waals surface area (Å²) in [5.74, 6) is 6.96. The van der Waals surface area contributed by atoms with Crippen LogP contribution >= 0.6 is 0 Å². The minimum absolute atomic E-state index is 0.141. The van der Waals surface area contributed by atoms with Gasteiger partial charge in [-0.2, -0.15) is 0 Å². The van der Waals surface area contributed by atoms with E-state index >= 15 is 0 Å². The molecule has 0 radical (unpaired) electrons. The van der Waals surface area contributed by atoms with Crippen molar-refractivity contribution in [2.75, 3.05) is 32.8 Å². The van der Waals surface area contributed by atoms with E-state index in [0.29, 0.717) is 12.6 Å². The molecule has 2 N–H and O–H groups in total. The van der Waals surface area contributed by atoms with Crippen LogP contribution in [0.1, 0.15) is 30.5 Å². The van der Waals surface area contributed by atoms with Gasteiger partial charge in [0.05, 0.1) is 18.1 Å². The Bertz CT molecular complexity index is 1100. The van der Waals surface area contributed by atoms with E-state index in [4.69, 9.17) is 10.1 Å². The molecule has 0 bridgehead atoms. The molecule has 2 aliphatic heterocycles. The van der Waals surface area contributed by atoms with Gasteiger partial charge in [0, 0.05) is 42.9 Å². The van der Waals surface area contributed by atoms with Gasteiger partial charge in [0.1, 0.15) is 0 Å². The topological polar surface area (TPSA) is 79.0 Å². The molecule has 0 amide bonds. The summed E-state index contributed by atoms with van der Waals surface area (Å²) in [5, 5.41) is 5.21. The van der Waals surface area contributed by atoms with E-state index < -0.39 is 10.0 Å². The molecule has 0 spiro atoms. The molecule has 2 atom stereocenters. The van der Waals surface area contributed by atoms with Crippen LogP contribution in [0.3, 0.4) is 0 Å². The van der Waals surface area contributed by atoms with Crippen molar-refractivity contribution in [1.82, 2.24) is 9.80 Å². The summed E-state index contributed by atoms with van der Waals surface area (Å²) in [6.07, 6.45) is 1.00. The molecule has 7 heteroatoms. The number of benzene rings is 2. The summed E-state index contributed by atoms with van der Waals surface area (Å²) in [7, 11) is -3.67. The third-order valence-electron chi connectivity index (χ3n) is 6.09. The van der Waals surface area contributed by atoms with Gasteiger partial charge in [-0.15, -0.1) is 0 Å². The zero-order chi connectivity index (χ0) is 21.8. The quantitative estimate of drug-likeness (QED) is 0.747. The lowest BCUT2D eigenvalue weighted by atomic mass is 9.92. The number of sulfonamides is 1. The fourth-order valence-corrected chi connectivity index (χ4v) is 4.74. The number of aliphatic imine (C=N–C) groups is 1. The Hall–Kier alpha value is -2.50. The van der Waals surface area contributed by atoms with E-state index in [9.17, 15) is 8.42 Å². The van der Waals surface area contributed by atoms with Gasteiger partial charge < -0.3 is 0 Å². The maximum Gasteiger partial charge on any atom is 0.238 e. The molecule has 2 heterocycles. The molecule has 2 aromatic carbocycles. The molecule has 2 unspecified atom stereocenters. The lowest BCUT2D eigenvalue weighted by molar-refractivity contribution is 0.155. The predicted molar refractivity (Wildman–Crippen MR) is 123 cm³/mol. The second-order valence-corrected chi connectivity index (χ2v) is 9.76. The van der Waals surface area contributed by atoms with Crippen LogP contribution in [0.4, 0.5) is 0 Å². The van der Waals surface area contributed by atoms with Crippen molar-refractivity contribution in [1.29, 1.82) is 0 Å². The van der Waals surface area contributed by atoms with Gasteiger partial charge in [0.2, 0.25) is 10.0 Å². The Kier molecular flexibility index (Phi) is 6.54. The van der Waals surface area contributed by atoms with E-state index in [1.54, 1.807) is 12.1 Å². The summed E-state index contributed by atoms with van der Waals surface area (Å²) >= 11 is 0. The smallest absolute Gasteiger partial charge is 0.238 e. The highest BCUT2D eigenvalue weighted by molar-refractivity contribution is 7.89. The second kappa shape index (κ2) is 9.33. The average Bonchev–Trinajstić information content (AvgIpc) is 2.78. The molecule has 162 valence electrons. The standard InChI is InChI=1S/C24H28N4O2S/c1-19(21-9-11-23(12-10-21)31(25,29)30)28-17-22-16-27(15-13-24(22)26-18-28)14-5-8-20-6-3-2-4-7-20/h2-4,6-7,9-12,19,22H,13-18H2,1H3,(H2,25,29,30). The van der Waals surface area contributed by atoms with Gasteiger partial charge in [-0.3, -0.25) is 14.8 Å². The number of nitrogens with zero attached hydrogens (tertiary/aromatic N) is 3. The van der Waals surface area contributed by atoms with E-state index in [1.165, 1.54) is 5.71 Å². The Morgan fingerprint density at radius 3 is 2.58 bits per heavy atom. The molecular formula is C24H28N4O2S. The van der Waals surface area contributed by atoms with E-state index in [2.05, 4.69) is 28.6 Å². The second-order valence-electron chi connectivity index (χ2n) is 8.20. The Labute approximate surface area is 184 Å². The molecule has 31 heavy (non-hydrogen) atoms. The van der Waals surface area contributed by atoms with Gasteiger partial charge >= 0.3 is 0 Å². The molecule has 2 aliphatic rings. The predicted octanol–water partition coefficient (Wildman–Crippen LogP) is 2.48. The maximum absolute atomic E-state index is 11.5. The first kappa shape index (κ1) is 21.7. The van der Waals surface area contributed by atoms with Crippen molar-refractivity contribution in [2.24, 2.45) is 16.0 Å². The van der Waals surface area contributed by atoms with Gasteiger partial charge in [-0.25, -0.2) is 13.6 Å². The van der Waals surface area contributed by atoms with Gasteiger partial charge in [-0.05, 0) is 43.2 Å². The minimum atomic E-state index is -3.67. The van der Waals surface area contributed by atoms with Crippen molar-refractivity contribution in [3.63, 3.8) is 0 Å². The van der Waals surface area contributed by atoms with Crippen molar-refractivity contribution < 1.29 is 8.42 Å². The monoisotopic (exact) mass is 436 g/mol. The molecule has 4 rings (SSSR count). The largest absolute Gasteiger partial charge is 0.291 e. The fourth-order valence-electron chi connectivity index (χ4n) is 4.22. The van der Waals surface area contributed by atoms with Crippen LogP contribution in [0.15, 0.2) is 64.5 Å². The third kappa shape index (κ3) is 5.41. The van der Waals surface area contributed by atoms with Crippen LogP contribution in [0.5, 0.6) is 0 Å². The van der Waals surface area contributed by atoms with E-state index in [1.807, 2.05) is 42.5 Å². The summed E-state index contributed by atoms with van der Waals surface area (Å²) < 4.78 is 23.0. The zero-order valence-corrected chi connectivity index (χ0v) is 18.6. The Balaban J connectivity index is 1.37. The molecule has 0 aliphatic carbocycles. The lowest BCUT2D eigenvalue weighted by Crippen LogP contribution is -2.49. The Morgan fingerprint density at radius 1 is 1.13 bits per heavy atom. The first-order valence-corrected chi connectivity index (χ1v) is 12.1. The summed E-state index contributed by atoms with van der Waals surface area (Å²) in [4.78, 5) is 9.76. The fraction of sp³-hybridized carbons (Fsp3) is 0.375. The number of primary sulfonamides is 1. The molecule has 2 aromatic rings. The molecule has 1 fully saturated rings. The third-order valence-corrected chi connectivity index (χ3v) is 7.02. The number of likely N-dealkylation sites (tertiary alicyclic amines) is 1. The van der Waals surface area contributed by atoms with Crippen molar-refractivity contribution in [2.45, 2.75) is 24.3 Å². The molecule has 6 nitrogen and oxygen atoms in total. The van der Waals surface area contributed by atoms with Crippen molar-refractivity contribution >= 4 is 15.7 Å². The van der Waals surface area contributed by atoms with Gasteiger partial charge in [-0.1, -0.05) is 42.2 Å². The first-order valence-electron chi connectivity index (χ1n) is 10.6. The highest BCUT2D eigenvalue weighted by atomic mass is 32.2. The van der Waals surface area contributed by atoms with Crippen LogP contribution < -0.4 is 5.14 Å². The van der Waals surface area contributed by atoms with Gasteiger partial charge in [0.25, 0.3) is 0 Å². The number of hydrogen-bond donors (Lipinski definition) is 1. The number of piperidine rings is 1. The zero-order valence-electron chi connectivity index (χ0n) is 17.7. The van der Waals surface area contributed by atoms with Crippen LogP contribution in [-0.2, 0) is 10.0 Å². The number of rotatable bonds is 4. The Morgan fingerprint density at radius 2 is 1.87 bits per heavy atom. The van der Waals surface area contributed by atoms with Crippen LogP contribution in [0.25, 0.3) is 0 Å². The van der Waals surface area contributed by atoms with Crippen molar-refractivity contribution in [3.8, 4) is 11.8 Å². The number of nitrogens with two attached hydrogens (primary N) is 1. The molecule has 1 saturated heterocycles. The van der Waals surface area contributed by atoms with E-state index in [-0.39, 0.29) is 10.9 Å². The summed E-state index contributed by atoms with van der Waals surface area (Å²) in [6, 6.07) is 17.1. The number of fused-ring (bicyclic) bond motifs is 1. The normalized spacial score (nSPS) is 20.8. The molecule has 0 saturated carbocycles. The first-order chi connectivity index (χ1) is 14.9. The van der Waals surface area contributed by atoms with Crippen LogP contribution in [-0.4, -0.2) is 56.8 Å². The highest BCUT2D eigenvalue weighted by Crippen LogP contribution is 2.27. The molecule has 0 aromatic heterocycles. The number of hydrogen-bond acceptors (Lipinski definition) is 5. The van der Waals surface area contributed by atoms with Crippen LogP contribution in [0, 0.1) is 17.8 Å².